The van der Waals surface area contributed by atoms with Crippen LogP contribution in [0.5, 0.6) is 0 Å². The molecule has 2 aromatic rings. The van der Waals surface area contributed by atoms with Gasteiger partial charge in [-0.2, -0.15) is 4.98 Å². The molecule has 0 aliphatic carbocycles. The Morgan fingerprint density at radius 3 is 2.24 bits per heavy atom. The first-order chi connectivity index (χ1) is 12.3. The van der Waals surface area contributed by atoms with Gasteiger partial charge in [0, 0.05) is 50.9 Å². The average molecular weight is 337 g/mol. The van der Waals surface area contributed by atoms with E-state index in [2.05, 4.69) is 58.0 Å². The summed E-state index contributed by atoms with van der Waals surface area (Å²) in [5.41, 5.74) is 2.20. The highest BCUT2D eigenvalue weighted by Crippen LogP contribution is 2.27. The van der Waals surface area contributed by atoms with Crippen molar-refractivity contribution in [1.29, 1.82) is 0 Å². The molecule has 3 heterocycles. The number of likely N-dealkylation sites (N-methyl/N-ethyl adjacent to an activating group) is 1. The number of nitrogens with zero attached hydrogens (tertiary/aromatic N) is 5. The Labute approximate surface area is 150 Å². The zero-order chi connectivity index (χ0) is 17.1. The van der Waals surface area contributed by atoms with Gasteiger partial charge < -0.3 is 14.7 Å². The van der Waals surface area contributed by atoms with Crippen LogP contribution in [0.4, 0.5) is 11.8 Å². The molecule has 2 fully saturated rings. The highest BCUT2D eigenvalue weighted by Gasteiger charge is 2.21. The molecule has 0 N–H and O–H groups in total. The summed E-state index contributed by atoms with van der Waals surface area (Å²) in [5, 5.41) is 0. The first-order valence-corrected chi connectivity index (χ1v) is 9.50. The maximum absolute atomic E-state index is 4.94. The smallest absolute Gasteiger partial charge is 0.227 e. The molecule has 0 unspecified atom stereocenters. The summed E-state index contributed by atoms with van der Waals surface area (Å²) < 4.78 is 0. The normalized spacial score (nSPS) is 18.8. The fraction of sp³-hybridized carbons (Fsp3) is 0.500. The van der Waals surface area contributed by atoms with E-state index in [1.165, 1.54) is 18.4 Å². The van der Waals surface area contributed by atoms with Crippen molar-refractivity contribution in [3.63, 3.8) is 0 Å². The van der Waals surface area contributed by atoms with Crippen LogP contribution in [0.15, 0.2) is 36.4 Å². The van der Waals surface area contributed by atoms with E-state index in [0.717, 1.165) is 63.3 Å². The molecule has 1 aromatic heterocycles. The lowest BCUT2D eigenvalue weighted by Gasteiger charge is -2.35. The molecule has 0 atom stereocenters. The Morgan fingerprint density at radius 1 is 0.840 bits per heavy atom. The Bertz CT molecular complexity index is 688. The van der Waals surface area contributed by atoms with Crippen LogP contribution in [-0.2, 0) is 0 Å². The molecule has 0 spiro atoms. The van der Waals surface area contributed by atoms with Gasteiger partial charge in [0.2, 0.25) is 5.95 Å². The summed E-state index contributed by atoms with van der Waals surface area (Å²) in [6.45, 7) is 9.81. The zero-order valence-electron chi connectivity index (χ0n) is 15.1. The van der Waals surface area contributed by atoms with Gasteiger partial charge in [0.25, 0.3) is 0 Å². The predicted octanol–water partition coefficient (Wildman–Crippen LogP) is 2.89. The van der Waals surface area contributed by atoms with Crippen LogP contribution in [0.25, 0.3) is 11.3 Å². The van der Waals surface area contributed by atoms with Gasteiger partial charge in [-0.15, -0.1) is 0 Å². The maximum atomic E-state index is 4.94. The van der Waals surface area contributed by atoms with Crippen molar-refractivity contribution in [2.75, 3.05) is 55.6 Å². The first-order valence-electron chi connectivity index (χ1n) is 9.50. The molecule has 2 aliphatic rings. The molecule has 5 nitrogen and oxygen atoms in total. The first kappa shape index (κ1) is 16.3. The lowest BCUT2D eigenvalue weighted by molar-refractivity contribution is 0.270. The van der Waals surface area contributed by atoms with Gasteiger partial charge in [-0.25, -0.2) is 4.98 Å². The van der Waals surface area contributed by atoms with Crippen LogP contribution in [0.3, 0.4) is 0 Å². The van der Waals surface area contributed by atoms with E-state index in [-0.39, 0.29) is 0 Å². The Balaban J connectivity index is 1.66. The summed E-state index contributed by atoms with van der Waals surface area (Å²) in [7, 11) is 0. The summed E-state index contributed by atoms with van der Waals surface area (Å²) >= 11 is 0. The third kappa shape index (κ3) is 3.61. The van der Waals surface area contributed by atoms with Crippen molar-refractivity contribution in [3.8, 4) is 11.3 Å². The van der Waals surface area contributed by atoms with E-state index in [1.54, 1.807) is 0 Å². The van der Waals surface area contributed by atoms with Crippen molar-refractivity contribution in [2.45, 2.75) is 19.8 Å². The summed E-state index contributed by atoms with van der Waals surface area (Å²) in [4.78, 5) is 17.1. The van der Waals surface area contributed by atoms with Crippen LogP contribution in [0.2, 0.25) is 0 Å². The molecule has 5 heteroatoms. The average Bonchev–Trinajstić information content (AvgIpc) is 3.23. The molecule has 0 amide bonds. The molecule has 2 aliphatic heterocycles. The minimum absolute atomic E-state index is 0.895. The maximum Gasteiger partial charge on any atom is 0.227 e. The number of piperazine rings is 1. The van der Waals surface area contributed by atoms with Crippen LogP contribution < -0.4 is 9.80 Å². The minimum atomic E-state index is 0.895. The van der Waals surface area contributed by atoms with Gasteiger partial charge in [-0.05, 0) is 19.4 Å². The van der Waals surface area contributed by atoms with Crippen molar-refractivity contribution >= 4 is 11.8 Å². The topological polar surface area (TPSA) is 35.5 Å². The van der Waals surface area contributed by atoms with E-state index in [4.69, 9.17) is 9.97 Å². The van der Waals surface area contributed by atoms with Crippen molar-refractivity contribution in [1.82, 2.24) is 14.9 Å². The SMILES string of the molecule is CCN1CCN(c2cc(-c3ccccc3)nc(N3CCCC3)n2)CC1. The second-order valence-electron chi connectivity index (χ2n) is 6.89. The van der Waals surface area contributed by atoms with Gasteiger partial charge in [0.1, 0.15) is 5.82 Å². The van der Waals surface area contributed by atoms with Crippen molar-refractivity contribution < 1.29 is 0 Å². The number of benzene rings is 1. The fourth-order valence-corrected chi connectivity index (χ4v) is 3.69. The minimum Gasteiger partial charge on any atom is -0.354 e. The van der Waals surface area contributed by atoms with Crippen LogP contribution >= 0.6 is 0 Å². The molecule has 4 rings (SSSR count). The van der Waals surface area contributed by atoms with Gasteiger partial charge in [-0.3, -0.25) is 0 Å². The Kier molecular flexibility index (Phi) is 4.83. The molecule has 0 saturated carbocycles. The van der Waals surface area contributed by atoms with E-state index < -0.39 is 0 Å². The molecular formula is C20H27N5. The molecular weight excluding hydrogens is 310 g/mol. The van der Waals surface area contributed by atoms with E-state index in [0.29, 0.717) is 0 Å². The molecule has 0 bridgehead atoms. The Morgan fingerprint density at radius 2 is 1.56 bits per heavy atom. The lowest BCUT2D eigenvalue weighted by Crippen LogP contribution is -2.46. The quantitative estimate of drug-likeness (QED) is 0.857. The number of rotatable bonds is 4. The highest BCUT2D eigenvalue weighted by molar-refractivity contribution is 5.65. The highest BCUT2D eigenvalue weighted by atomic mass is 15.3. The largest absolute Gasteiger partial charge is 0.354 e. The fourth-order valence-electron chi connectivity index (χ4n) is 3.69. The van der Waals surface area contributed by atoms with Crippen LogP contribution in [0.1, 0.15) is 19.8 Å². The van der Waals surface area contributed by atoms with Gasteiger partial charge >= 0.3 is 0 Å². The van der Waals surface area contributed by atoms with Crippen LogP contribution in [0, 0.1) is 0 Å². The summed E-state index contributed by atoms with van der Waals surface area (Å²) in [5.74, 6) is 1.97. The molecule has 132 valence electrons. The van der Waals surface area contributed by atoms with Gasteiger partial charge in [-0.1, -0.05) is 37.3 Å². The number of aromatic nitrogens is 2. The third-order valence-electron chi connectivity index (χ3n) is 5.30. The summed E-state index contributed by atoms with van der Waals surface area (Å²) in [6, 6.07) is 12.6. The van der Waals surface area contributed by atoms with Gasteiger partial charge in [0.15, 0.2) is 0 Å². The predicted molar refractivity (Wildman–Crippen MR) is 103 cm³/mol. The molecule has 2 saturated heterocycles. The zero-order valence-corrected chi connectivity index (χ0v) is 15.1. The monoisotopic (exact) mass is 337 g/mol. The summed E-state index contributed by atoms with van der Waals surface area (Å²) in [6.07, 6.45) is 2.48. The second kappa shape index (κ2) is 7.40. The number of hydrogen-bond acceptors (Lipinski definition) is 5. The molecule has 0 radical (unpaired) electrons. The van der Waals surface area contributed by atoms with E-state index in [1.807, 2.05) is 0 Å². The second-order valence-corrected chi connectivity index (χ2v) is 6.89. The third-order valence-corrected chi connectivity index (χ3v) is 5.30. The number of anilines is 2. The molecule has 25 heavy (non-hydrogen) atoms. The van der Waals surface area contributed by atoms with E-state index >= 15 is 0 Å². The Hall–Kier alpha value is -2.14. The van der Waals surface area contributed by atoms with Gasteiger partial charge in [0.05, 0.1) is 5.69 Å². The van der Waals surface area contributed by atoms with E-state index in [9.17, 15) is 0 Å². The molecule has 1 aromatic carbocycles. The van der Waals surface area contributed by atoms with Crippen LogP contribution in [-0.4, -0.2) is 60.7 Å². The lowest BCUT2D eigenvalue weighted by atomic mass is 10.1. The standard InChI is InChI=1S/C20H27N5/c1-2-23-12-14-24(15-13-23)19-16-18(17-8-4-3-5-9-17)21-20(22-19)25-10-6-7-11-25/h3-5,8-9,16H,2,6-7,10-15H2,1H3. The van der Waals surface area contributed by atoms with Crippen molar-refractivity contribution in [2.24, 2.45) is 0 Å². The number of hydrogen-bond donors (Lipinski definition) is 0. The van der Waals surface area contributed by atoms with Crippen molar-refractivity contribution in [3.05, 3.63) is 36.4 Å².